The van der Waals surface area contributed by atoms with Crippen LogP contribution in [-0.4, -0.2) is 50.1 Å². The molecule has 0 spiro atoms. The van der Waals surface area contributed by atoms with Crippen molar-refractivity contribution in [2.24, 2.45) is 4.99 Å². The number of unbranched alkanes of at least 4 members (excludes halogenated alkanes) is 1. The number of thiophene rings is 1. The quantitative estimate of drug-likeness (QED) is 0.252. The molecule has 0 aliphatic carbocycles. The van der Waals surface area contributed by atoms with Gasteiger partial charge in [-0.25, -0.2) is 0 Å². The van der Waals surface area contributed by atoms with Gasteiger partial charge in [0.1, 0.15) is 0 Å². The zero-order valence-corrected chi connectivity index (χ0v) is 18.2. The van der Waals surface area contributed by atoms with Gasteiger partial charge in [-0.2, -0.15) is 0 Å². The fraction of sp³-hybridized carbons (Fsp3) is 0.722. The number of hydrogen-bond donors (Lipinski definition) is 2. The molecule has 1 unspecified atom stereocenters. The minimum Gasteiger partial charge on any atom is -0.357 e. The fourth-order valence-electron chi connectivity index (χ4n) is 2.91. The van der Waals surface area contributed by atoms with Gasteiger partial charge in [-0.1, -0.05) is 13.0 Å². The standard InChI is InChI=1S/C18H32N4S.HI/c1-3-19-18(21-15-16(2)17-9-8-14-23-17)20-10-4-5-11-22-12-6-7-13-22;/h8-9,14,16H,3-7,10-13,15H2,1-2H3,(H2,19,20,21);1H. The van der Waals surface area contributed by atoms with E-state index in [1.54, 1.807) is 0 Å². The van der Waals surface area contributed by atoms with Crippen molar-refractivity contribution >= 4 is 41.3 Å². The summed E-state index contributed by atoms with van der Waals surface area (Å²) in [5.74, 6) is 1.44. The van der Waals surface area contributed by atoms with E-state index in [0.717, 1.165) is 25.6 Å². The molecule has 1 aromatic rings. The molecule has 24 heavy (non-hydrogen) atoms. The number of nitrogens with one attached hydrogen (secondary N) is 2. The third-order valence-electron chi connectivity index (χ3n) is 4.29. The molecule has 0 aromatic carbocycles. The highest BCUT2D eigenvalue weighted by Crippen LogP contribution is 2.20. The Balaban J connectivity index is 0.00000288. The first-order valence-corrected chi connectivity index (χ1v) is 9.95. The van der Waals surface area contributed by atoms with Gasteiger partial charge in [0, 0.05) is 23.9 Å². The van der Waals surface area contributed by atoms with Crippen LogP contribution in [0, 0.1) is 0 Å². The molecule has 1 saturated heterocycles. The highest BCUT2D eigenvalue weighted by Gasteiger charge is 2.10. The van der Waals surface area contributed by atoms with E-state index in [9.17, 15) is 0 Å². The zero-order chi connectivity index (χ0) is 16.3. The maximum Gasteiger partial charge on any atom is 0.191 e. The minimum atomic E-state index is 0. The SMILES string of the molecule is CCNC(=NCC(C)c1cccs1)NCCCCN1CCCC1.I. The molecule has 1 fully saturated rings. The van der Waals surface area contributed by atoms with Crippen LogP contribution in [0.4, 0.5) is 0 Å². The molecule has 2 heterocycles. The Hall–Kier alpha value is -0.340. The van der Waals surface area contributed by atoms with E-state index in [-0.39, 0.29) is 24.0 Å². The number of guanidine groups is 1. The maximum atomic E-state index is 4.74. The van der Waals surface area contributed by atoms with Crippen molar-refractivity contribution in [3.05, 3.63) is 22.4 Å². The van der Waals surface area contributed by atoms with Crippen molar-refractivity contribution in [2.75, 3.05) is 39.3 Å². The second-order valence-corrected chi connectivity index (χ2v) is 7.30. The van der Waals surface area contributed by atoms with E-state index in [0.29, 0.717) is 5.92 Å². The Morgan fingerprint density at radius 1 is 1.29 bits per heavy atom. The van der Waals surface area contributed by atoms with E-state index in [4.69, 9.17) is 4.99 Å². The van der Waals surface area contributed by atoms with Crippen LogP contribution in [0.15, 0.2) is 22.5 Å². The molecule has 0 radical (unpaired) electrons. The molecular formula is C18H33IN4S. The molecule has 1 atom stereocenters. The van der Waals surface area contributed by atoms with Crippen LogP contribution >= 0.6 is 35.3 Å². The zero-order valence-electron chi connectivity index (χ0n) is 15.1. The van der Waals surface area contributed by atoms with E-state index < -0.39 is 0 Å². The van der Waals surface area contributed by atoms with Crippen LogP contribution in [-0.2, 0) is 0 Å². The van der Waals surface area contributed by atoms with Crippen molar-refractivity contribution in [1.82, 2.24) is 15.5 Å². The first-order valence-electron chi connectivity index (χ1n) is 9.07. The minimum absolute atomic E-state index is 0. The first kappa shape index (κ1) is 21.7. The fourth-order valence-corrected chi connectivity index (χ4v) is 3.68. The van der Waals surface area contributed by atoms with Crippen molar-refractivity contribution in [2.45, 2.75) is 45.4 Å². The van der Waals surface area contributed by atoms with E-state index in [2.05, 4.69) is 46.9 Å². The number of nitrogens with zero attached hydrogens (tertiary/aromatic N) is 2. The van der Waals surface area contributed by atoms with Gasteiger partial charge in [0.25, 0.3) is 0 Å². The number of likely N-dealkylation sites (tertiary alicyclic amines) is 1. The lowest BCUT2D eigenvalue weighted by molar-refractivity contribution is 0.330. The highest BCUT2D eigenvalue weighted by molar-refractivity contribution is 14.0. The number of halogens is 1. The molecule has 138 valence electrons. The molecule has 6 heteroatoms. The predicted octanol–water partition coefficient (Wildman–Crippen LogP) is 3.90. The average Bonchev–Trinajstić information content (AvgIpc) is 3.25. The second-order valence-electron chi connectivity index (χ2n) is 6.32. The molecule has 4 nitrogen and oxygen atoms in total. The van der Waals surface area contributed by atoms with Gasteiger partial charge in [-0.05, 0) is 63.7 Å². The molecule has 1 aliphatic heterocycles. The third-order valence-corrected chi connectivity index (χ3v) is 5.39. The van der Waals surface area contributed by atoms with Crippen molar-refractivity contribution < 1.29 is 0 Å². The smallest absolute Gasteiger partial charge is 0.191 e. The lowest BCUT2D eigenvalue weighted by atomic mass is 10.1. The molecule has 0 amide bonds. The molecule has 0 saturated carbocycles. The summed E-state index contributed by atoms with van der Waals surface area (Å²) in [6.07, 6.45) is 5.26. The summed E-state index contributed by atoms with van der Waals surface area (Å²) < 4.78 is 0. The Kier molecular flexibility index (Phi) is 11.7. The Morgan fingerprint density at radius 2 is 2.08 bits per heavy atom. The molecule has 2 rings (SSSR count). The van der Waals surface area contributed by atoms with E-state index >= 15 is 0 Å². The van der Waals surface area contributed by atoms with Crippen molar-refractivity contribution in [3.8, 4) is 0 Å². The summed E-state index contributed by atoms with van der Waals surface area (Å²) in [6, 6.07) is 4.31. The first-order chi connectivity index (χ1) is 11.3. The van der Waals surface area contributed by atoms with Gasteiger partial charge >= 0.3 is 0 Å². The molecule has 1 aliphatic rings. The van der Waals surface area contributed by atoms with Gasteiger partial charge in [-0.3, -0.25) is 4.99 Å². The van der Waals surface area contributed by atoms with Crippen molar-refractivity contribution in [3.63, 3.8) is 0 Å². The lowest BCUT2D eigenvalue weighted by Gasteiger charge is -2.15. The summed E-state index contributed by atoms with van der Waals surface area (Å²) in [7, 11) is 0. The summed E-state index contributed by atoms with van der Waals surface area (Å²) in [4.78, 5) is 8.73. The van der Waals surface area contributed by atoms with E-state index in [1.807, 2.05) is 11.3 Å². The number of hydrogen-bond acceptors (Lipinski definition) is 3. The van der Waals surface area contributed by atoms with E-state index in [1.165, 1.54) is 50.2 Å². The normalized spacial score (nSPS) is 16.7. The Labute approximate surface area is 168 Å². The summed E-state index contributed by atoms with van der Waals surface area (Å²) in [6.45, 7) is 11.0. The summed E-state index contributed by atoms with van der Waals surface area (Å²) >= 11 is 1.82. The van der Waals surface area contributed by atoms with Gasteiger partial charge < -0.3 is 15.5 Å². The number of aliphatic imine (C=N–C) groups is 1. The van der Waals surface area contributed by atoms with Crippen LogP contribution in [0.1, 0.15) is 50.3 Å². The van der Waals surface area contributed by atoms with Gasteiger partial charge in [0.05, 0.1) is 6.54 Å². The number of rotatable bonds is 9. The summed E-state index contributed by atoms with van der Waals surface area (Å²) in [5.41, 5.74) is 0. The van der Waals surface area contributed by atoms with Crippen LogP contribution in [0.3, 0.4) is 0 Å². The molecule has 1 aromatic heterocycles. The second kappa shape index (κ2) is 12.9. The van der Waals surface area contributed by atoms with Gasteiger partial charge in [-0.15, -0.1) is 35.3 Å². The van der Waals surface area contributed by atoms with Crippen LogP contribution < -0.4 is 10.6 Å². The summed E-state index contributed by atoms with van der Waals surface area (Å²) in [5, 5.41) is 8.96. The predicted molar refractivity (Wildman–Crippen MR) is 117 cm³/mol. The molecular weight excluding hydrogens is 431 g/mol. The van der Waals surface area contributed by atoms with Gasteiger partial charge in [0.2, 0.25) is 0 Å². The highest BCUT2D eigenvalue weighted by atomic mass is 127. The Bertz CT molecular complexity index is 444. The Morgan fingerprint density at radius 3 is 2.75 bits per heavy atom. The average molecular weight is 464 g/mol. The van der Waals surface area contributed by atoms with Crippen LogP contribution in [0.25, 0.3) is 0 Å². The monoisotopic (exact) mass is 464 g/mol. The third kappa shape index (κ3) is 8.16. The van der Waals surface area contributed by atoms with Crippen LogP contribution in [0.5, 0.6) is 0 Å². The maximum absolute atomic E-state index is 4.74. The molecule has 2 N–H and O–H groups in total. The topological polar surface area (TPSA) is 39.7 Å². The van der Waals surface area contributed by atoms with Crippen LogP contribution in [0.2, 0.25) is 0 Å². The van der Waals surface area contributed by atoms with Crippen molar-refractivity contribution in [1.29, 1.82) is 0 Å². The lowest BCUT2D eigenvalue weighted by Crippen LogP contribution is -2.38. The molecule has 0 bridgehead atoms. The van der Waals surface area contributed by atoms with Gasteiger partial charge in [0.15, 0.2) is 5.96 Å². The largest absolute Gasteiger partial charge is 0.357 e.